The highest BCUT2D eigenvalue weighted by Gasteiger charge is 2.21. The molecular weight excluding hydrogens is 486 g/mol. The molecule has 1 fully saturated rings. The molecule has 0 amide bonds. The molecule has 0 spiro atoms. The minimum atomic E-state index is -3.52. The number of hydrogen-bond donors (Lipinski definition) is 3. The average Bonchev–Trinajstić information content (AvgIpc) is 3.61. The first kappa shape index (κ1) is 24.2. The molecule has 4 N–H and O–H groups in total. The molecule has 2 aromatic carbocycles. The van der Waals surface area contributed by atoms with E-state index < -0.39 is 21.7 Å². The number of nitrogens with two attached hydrogens (primary N) is 1. The van der Waals surface area contributed by atoms with Crippen molar-refractivity contribution in [2.45, 2.75) is 25.5 Å². The lowest BCUT2D eigenvalue weighted by atomic mass is 10.1. The maximum Gasteiger partial charge on any atom is 0.233 e. The number of nitrogens with one attached hydrogen (secondary N) is 2. The second kappa shape index (κ2) is 10.1. The molecular formula is C23H23ClF2N4O3S. The van der Waals surface area contributed by atoms with E-state index in [1.54, 1.807) is 30.3 Å². The zero-order valence-corrected chi connectivity index (χ0v) is 19.6. The molecule has 1 heterocycles. The highest BCUT2D eigenvalue weighted by molar-refractivity contribution is 7.92. The van der Waals surface area contributed by atoms with Gasteiger partial charge in [-0.25, -0.2) is 22.2 Å². The summed E-state index contributed by atoms with van der Waals surface area (Å²) < 4.78 is 60.6. The van der Waals surface area contributed by atoms with Gasteiger partial charge in [0.1, 0.15) is 18.2 Å². The van der Waals surface area contributed by atoms with Gasteiger partial charge in [-0.2, -0.15) is 0 Å². The molecule has 1 aliphatic rings. The lowest BCUT2D eigenvalue weighted by Gasteiger charge is -2.13. The summed E-state index contributed by atoms with van der Waals surface area (Å²) in [6.07, 6.45) is 3.67. The smallest absolute Gasteiger partial charge is 0.233 e. The Hall–Kier alpha value is -2.95. The van der Waals surface area contributed by atoms with Crippen LogP contribution in [0, 0.1) is 11.6 Å². The van der Waals surface area contributed by atoms with Crippen LogP contribution < -0.4 is 20.5 Å². The minimum Gasteiger partial charge on any atom is -0.485 e. The van der Waals surface area contributed by atoms with Crippen LogP contribution in [-0.4, -0.2) is 31.7 Å². The number of ether oxygens (including phenoxy) is 1. The summed E-state index contributed by atoms with van der Waals surface area (Å²) in [4.78, 5) is 4.10. The molecule has 0 bridgehead atoms. The zero-order valence-electron chi connectivity index (χ0n) is 18.0. The first-order valence-corrected chi connectivity index (χ1v) is 12.6. The fraction of sp³-hybridized carbons (Fsp3) is 0.261. The van der Waals surface area contributed by atoms with E-state index in [9.17, 15) is 17.2 Å². The number of benzene rings is 2. The fourth-order valence-corrected chi connectivity index (χ4v) is 4.44. The maximum absolute atomic E-state index is 14.0. The molecule has 1 aromatic heterocycles. The topological polar surface area (TPSA) is 106 Å². The van der Waals surface area contributed by atoms with E-state index in [1.165, 1.54) is 6.20 Å². The van der Waals surface area contributed by atoms with Gasteiger partial charge in [-0.15, -0.1) is 0 Å². The molecule has 0 radical (unpaired) electrons. The van der Waals surface area contributed by atoms with Gasteiger partial charge in [0.2, 0.25) is 10.0 Å². The summed E-state index contributed by atoms with van der Waals surface area (Å²) in [5.74, 6) is -1.30. The molecule has 0 saturated heterocycles. The summed E-state index contributed by atoms with van der Waals surface area (Å²) in [5, 5.41) is 2.81. The first-order valence-electron chi connectivity index (χ1n) is 10.6. The predicted molar refractivity (Wildman–Crippen MR) is 128 cm³/mol. The molecule has 0 aliphatic heterocycles. The molecule has 0 atom stereocenters. The number of sulfonamides is 1. The molecule has 180 valence electrons. The van der Waals surface area contributed by atoms with Crippen molar-refractivity contribution in [1.82, 2.24) is 10.3 Å². The van der Waals surface area contributed by atoms with Crippen LogP contribution in [0.1, 0.15) is 18.4 Å². The number of rotatable bonds is 10. The highest BCUT2D eigenvalue weighted by atomic mass is 35.5. The second-order valence-corrected chi connectivity index (χ2v) is 10.2. The first-order chi connectivity index (χ1) is 16.2. The zero-order chi connectivity index (χ0) is 24.3. The van der Waals surface area contributed by atoms with Crippen LogP contribution in [-0.2, 0) is 16.6 Å². The molecule has 34 heavy (non-hydrogen) atoms. The number of anilines is 2. The van der Waals surface area contributed by atoms with Crippen LogP contribution in [0.5, 0.6) is 5.75 Å². The van der Waals surface area contributed by atoms with Gasteiger partial charge in [-0.1, -0.05) is 23.7 Å². The van der Waals surface area contributed by atoms with Gasteiger partial charge in [0, 0.05) is 35.6 Å². The van der Waals surface area contributed by atoms with E-state index in [4.69, 9.17) is 22.1 Å². The quantitative estimate of drug-likeness (QED) is 0.352. The Morgan fingerprint density at radius 1 is 1.12 bits per heavy atom. The fourth-order valence-electron chi connectivity index (χ4n) is 3.26. The van der Waals surface area contributed by atoms with Crippen LogP contribution in [0.25, 0.3) is 11.1 Å². The van der Waals surface area contributed by atoms with E-state index >= 15 is 0 Å². The van der Waals surface area contributed by atoms with Crippen LogP contribution in [0.3, 0.4) is 0 Å². The lowest BCUT2D eigenvalue weighted by molar-refractivity contribution is 0.300. The maximum atomic E-state index is 14.0. The third kappa shape index (κ3) is 6.13. The lowest BCUT2D eigenvalue weighted by Crippen LogP contribution is -2.27. The largest absolute Gasteiger partial charge is 0.485 e. The van der Waals surface area contributed by atoms with Crippen molar-refractivity contribution < 1.29 is 21.9 Å². The summed E-state index contributed by atoms with van der Waals surface area (Å²) in [6, 6.07) is 10.7. The monoisotopic (exact) mass is 508 g/mol. The molecule has 4 rings (SSSR count). The van der Waals surface area contributed by atoms with Gasteiger partial charge in [-0.05, 0) is 48.7 Å². The van der Waals surface area contributed by atoms with Gasteiger partial charge < -0.3 is 15.8 Å². The number of halogens is 3. The number of hydrogen-bond acceptors (Lipinski definition) is 6. The van der Waals surface area contributed by atoms with E-state index in [1.807, 2.05) is 0 Å². The van der Waals surface area contributed by atoms with Gasteiger partial charge in [0.15, 0.2) is 11.6 Å². The van der Waals surface area contributed by atoms with Crippen molar-refractivity contribution in [3.05, 3.63) is 70.9 Å². The van der Waals surface area contributed by atoms with Crippen LogP contribution >= 0.6 is 11.6 Å². The predicted octanol–water partition coefficient (Wildman–Crippen LogP) is 4.34. The second-order valence-electron chi connectivity index (χ2n) is 7.95. The van der Waals surface area contributed by atoms with Crippen molar-refractivity contribution >= 4 is 33.1 Å². The number of pyridine rings is 1. The third-order valence-corrected chi connectivity index (χ3v) is 6.94. The van der Waals surface area contributed by atoms with Crippen LogP contribution in [0.15, 0.2) is 48.7 Å². The highest BCUT2D eigenvalue weighted by Crippen LogP contribution is 2.31. The molecule has 3 aromatic rings. The number of aromatic nitrogens is 1. The van der Waals surface area contributed by atoms with Gasteiger partial charge >= 0.3 is 0 Å². The van der Waals surface area contributed by atoms with Crippen LogP contribution in [0.2, 0.25) is 5.02 Å². The van der Waals surface area contributed by atoms with E-state index in [0.29, 0.717) is 29.4 Å². The number of nitrogen functional groups attached to an aromatic ring is 1. The van der Waals surface area contributed by atoms with Gasteiger partial charge in [-0.3, -0.25) is 4.72 Å². The SMILES string of the molecule is Nc1ncc(-c2cccc(NS(=O)(=O)CCNC3CC3)c2)cc1OCc1c(F)ccc(F)c1Cl. The Labute approximate surface area is 201 Å². The van der Waals surface area contributed by atoms with E-state index in [0.717, 1.165) is 25.0 Å². The standard InChI is InChI=1S/C23H23ClF2N4O3S/c24-22-18(19(25)6-7-20(22)26)13-33-21-11-15(12-29-23(21)27)14-2-1-3-17(10-14)30-34(31,32)9-8-28-16-4-5-16/h1-3,6-7,10-12,16,28,30H,4-5,8-9,13H2,(H2,27,29). The minimum absolute atomic E-state index is 0.0334. The molecule has 1 aliphatic carbocycles. The van der Waals surface area contributed by atoms with Crippen molar-refractivity contribution in [3.8, 4) is 16.9 Å². The van der Waals surface area contributed by atoms with Gasteiger partial charge in [0.25, 0.3) is 0 Å². The Bertz CT molecular complexity index is 1300. The van der Waals surface area contributed by atoms with E-state index in [-0.39, 0.29) is 34.5 Å². The van der Waals surface area contributed by atoms with Crippen molar-refractivity contribution in [2.24, 2.45) is 0 Å². The molecule has 0 unspecified atom stereocenters. The van der Waals surface area contributed by atoms with Gasteiger partial charge in [0.05, 0.1) is 10.8 Å². The van der Waals surface area contributed by atoms with Crippen molar-refractivity contribution in [1.29, 1.82) is 0 Å². The average molecular weight is 509 g/mol. The molecule has 7 nitrogen and oxygen atoms in total. The molecule has 1 saturated carbocycles. The summed E-state index contributed by atoms with van der Waals surface area (Å²) in [5.41, 5.74) is 7.39. The summed E-state index contributed by atoms with van der Waals surface area (Å²) in [7, 11) is -3.52. The summed E-state index contributed by atoms with van der Waals surface area (Å²) in [6.45, 7) is 0.0324. The summed E-state index contributed by atoms with van der Waals surface area (Å²) >= 11 is 5.85. The number of nitrogens with zero attached hydrogens (tertiary/aromatic N) is 1. The van der Waals surface area contributed by atoms with Crippen molar-refractivity contribution in [3.63, 3.8) is 0 Å². The Balaban J connectivity index is 1.48. The Kier molecular flexibility index (Phi) is 7.20. The Morgan fingerprint density at radius 3 is 2.65 bits per heavy atom. The molecule has 11 heteroatoms. The third-order valence-electron chi connectivity index (χ3n) is 5.24. The van der Waals surface area contributed by atoms with Crippen molar-refractivity contribution in [2.75, 3.05) is 22.8 Å². The normalized spacial score (nSPS) is 13.6. The Morgan fingerprint density at radius 2 is 1.88 bits per heavy atom. The van der Waals surface area contributed by atoms with E-state index in [2.05, 4.69) is 15.0 Å². The van der Waals surface area contributed by atoms with Crippen LogP contribution in [0.4, 0.5) is 20.3 Å².